The molecule has 1 aliphatic heterocycles. The summed E-state index contributed by atoms with van der Waals surface area (Å²) in [6.45, 7) is 1.71. The van der Waals surface area contributed by atoms with Crippen LogP contribution < -0.4 is 4.90 Å². The molecule has 5 aromatic rings. The molecule has 0 N–H and O–H groups in total. The molecule has 0 bridgehead atoms. The number of rotatable bonds is 5. The first-order valence-corrected chi connectivity index (χ1v) is 14.3. The molecule has 186 valence electrons. The maximum absolute atomic E-state index is 13.6. The largest absolute Gasteiger partial charge is 0.418 e. The van der Waals surface area contributed by atoms with Gasteiger partial charge in [-0.3, -0.25) is 4.79 Å². The monoisotopic (exact) mass is 529 g/mol. The fourth-order valence-corrected chi connectivity index (χ4v) is 6.58. The number of hydrogen-bond donors (Lipinski definition) is 0. The van der Waals surface area contributed by atoms with Crippen LogP contribution in [0.1, 0.15) is 10.4 Å². The predicted molar refractivity (Wildman–Crippen MR) is 144 cm³/mol. The molecule has 1 amide bonds. The van der Waals surface area contributed by atoms with Gasteiger partial charge in [0, 0.05) is 31.7 Å². The highest BCUT2D eigenvalue weighted by atomic mass is 32.2. The van der Waals surface area contributed by atoms with Crippen LogP contribution in [0.15, 0.2) is 105 Å². The van der Waals surface area contributed by atoms with Gasteiger partial charge in [0.25, 0.3) is 5.91 Å². The zero-order valence-electron chi connectivity index (χ0n) is 19.8. The van der Waals surface area contributed by atoms with Crippen molar-refractivity contribution < 1.29 is 17.6 Å². The molecule has 9 heteroatoms. The molecule has 2 aromatic heterocycles. The lowest BCUT2D eigenvalue weighted by Crippen LogP contribution is -2.49. The Morgan fingerprint density at radius 3 is 2.32 bits per heavy atom. The zero-order chi connectivity index (χ0) is 25.4. The van der Waals surface area contributed by atoms with Gasteiger partial charge in [-0.05, 0) is 40.4 Å². The van der Waals surface area contributed by atoms with Gasteiger partial charge in [0.05, 0.1) is 9.77 Å². The standard InChI is InChI=1S/C28H23N3O4S2/c32-27(23-13-6-9-20-8-4-5-12-22(20)23)30-15-17-31(18-16-30)28-26(29-25(35-28)24-14-7-19-36-24)37(33,34)21-10-2-1-3-11-21/h1-14,19H,15-18H2. The van der Waals surface area contributed by atoms with Crippen LogP contribution in [0.3, 0.4) is 0 Å². The second kappa shape index (κ2) is 9.49. The topological polar surface area (TPSA) is 83.7 Å². The molecule has 37 heavy (non-hydrogen) atoms. The average molecular weight is 530 g/mol. The molecule has 0 atom stereocenters. The van der Waals surface area contributed by atoms with E-state index < -0.39 is 9.84 Å². The second-order valence-corrected chi connectivity index (χ2v) is 11.5. The van der Waals surface area contributed by atoms with Crippen molar-refractivity contribution in [2.45, 2.75) is 9.92 Å². The number of anilines is 1. The van der Waals surface area contributed by atoms with Gasteiger partial charge in [0.2, 0.25) is 26.6 Å². The molecule has 0 saturated carbocycles. The summed E-state index contributed by atoms with van der Waals surface area (Å²) in [5, 5.41) is 3.73. The number of hydrogen-bond acceptors (Lipinski definition) is 7. The summed E-state index contributed by atoms with van der Waals surface area (Å²) in [6.07, 6.45) is 0. The zero-order valence-corrected chi connectivity index (χ0v) is 21.4. The number of nitrogens with zero attached hydrogens (tertiary/aromatic N) is 3. The van der Waals surface area contributed by atoms with Gasteiger partial charge in [-0.25, -0.2) is 8.42 Å². The Bertz CT molecular complexity index is 1670. The van der Waals surface area contributed by atoms with Crippen molar-refractivity contribution in [2.75, 3.05) is 31.1 Å². The lowest BCUT2D eigenvalue weighted by atomic mass is 10.0. The van der Waals surface area contributed by atoms with E-state index in [1.54, 1.807) is 35.2 Å². The molecule has 0 unspecified atom stereocenters. The van der Waals surface area contributed by atoms with Gasteiger partial charge in [0.15, 0.2) is 0 Å². The van der Waals surface area contributed by atoms with Crippen molar-refractivity contribution in [1.29, 1.82) is 0 Å². The Morgan fingerprint density at radius 1 is 0.838 bits per heavy atom. The first kappa shape index (κ1) is 23.4. The summed E-state index contributed by atoms with van der Waals surface area (Å²) in [7, 11) is -3.91. The minimum Gasteiger partial charge on any atom is -0.418 e. The Kier molecular flexibility index (Phi) is 6.02. The van der Waals surface area contributed by atoms with E-state index in [2.05, 4.69) is 4.98 Å². The number of thiophene rings is 1. The minimum absolute atomic E-state index is 0.0366. The lowest BCUT2D eigenvalue weighted by molar-refractivity contribution is 0.0747. The normalized spacial score (nSPS) is 14.3. The summed E-state index contributed by atoms with van der Waals surface area (Å²) in [6, 6.07) is 25.5. The van der Waals surface area contributed by atoms with Crippen molar-refractivity contribution in [3.8, 4) is 10.8 Å². The number of piperazine rings is 1. The van der Waals surface area contributed by atoms with Gasteiger partial charge in [-0.2, -0.15) is 4.98 Å². The molecular weight excluding hydrogens is 506 g/mol. The van der Waals surface area contributed by atoms with Gasteiger partial charge < -0.3 is 14.2 Å². The van der Waals surface area contributed by atoms with Gasteiger partial charge in [-0.1, -0.05) is 60.7 Å². The third-order valence-corrected chi connectivity index (χ3v) is 9.02. The molecule has 0 aliphatic carbocycles. The summed E-state index contributed by atoms with van der Waals surface area (Å²) < 4.78 is 33.2. The Balaban J connectivity index is 1.30. The molecule has 1 saturated heterocycles. The SMILES string of the molecule is O=C(c1cccc2ccccc12)N1CCN(c2oc(-c3cccs3)nc2S(=O)(=O)c2ccccc2)CC1. The maximum atomic E-state index is 13.6. The number of sulfone groups is 1. The smallest absolute Gasteiger partial charge is 0.254 e. The third kappa shape index (κ3) is 4.30. The summed E-state index contributed by atoms with van der Waals surface area (Å²) >= 11 is 1.43. The summed E-state index contributed by atoms with van der Waals surface area (Å²) in [4.78, 5) is 22.4. The van der Waals surface area contributed by atoms with Crippen LogP contribution in [0.2, 0.25) is 0 Å². The van der Waals surface area contributed by atoms with Gasteiger partial charge in [-0.15, -0.1) is 11.3 Å². The summed E-state index contributed by atoms with van der Waals surface area (Å²) in [5.41, 5.74) is 0.665. The van der Waals surface area contributed by atoms with Crippen molar-refractivity contribution in [3.63, 3.8) is 0 Å². The van der Waals surface area contributed by atoms with Crippen LogP contribution in [-0.2, 0) is 9.84 Å². The third-order valence-electron chi connectivity index (χ3n) is 6.49. The first-order chi connectivity index (χ1) is 18.0. The number of aromatic nitrogens is 1. The number of oxazole rings is 1. The van der Waals surface area contributed by atoms with E-state index in [9.17, 15) is 13.2 Å². The Hall–Kier alpha value is -3.95. The Morgan fingerprint density at radius 2 is 1.57 bits per heavy atom. The highest BCUT2D eigenvalue weighted by Gasteiger charge is 2.34. The fourth-order valence-electron chi connectivity index (χ4n) is 4.58. The van der Waals surface area contributed by atoms with E-state index in [1.807, 2.05) is 64.9 Å². The van der Waals surface area contributed by atoms with Crippen LogP contribution in [0, 0.1) is 0 Å². The van der Waals surface area contributed by atoms with E-state index in [-0.39, 0.29) is 27.6 Å². The van der Waals surface area contributed by atoms with Crippen LogP contribution in [0.25, 0.3) is 21.5 Å². The number of amides is 1. The Labute approximate surface area is 218 Å². The molecule has 1 aliphatic rings. The highest BCUT2D eigenvalue weighted by molar-refractivity contribution is 7.91. The van der Waals surface area contributed by atoms with Crippen molar-refractivity contribution in [2.24, 2.45) is 0 Å². The van der Waals surface area contributed by atoms with E-state index in [4.69, 9.17) is 4.42 Å². The fraction of sp³-hybridized carbons (Fsp3) is 0.143. The number of fused-ring (bicyclic) bond motifs is 1. The minimum atomic E-state index is -3.91. The molecular formula is C28H23N3O4S2. The van der Waals surface area contributed by atoms with E-state index in [0.29, 0.717) is 31.7 Å². The second-order valence-electron chi connectivity index (χ2n) is 8.73. The highest BCUT2D eigenvalue weighted by Crippen LogP contribution is 2.36. The number of benzene rings is 3. The number of carbonyl (C=O) groups excluding carboxylic acids is 1. The molecule has 0 spiro atoms. The van der Waals surface area contributed by atoms with Crippen LogP contribution in [0.4, 0.5) is 5.88 Å². The average Bonchev–Trinajstić information content (AvgIpc) is 3.64. The van der Waals surface area contributed by atoms with Crippen LogP contribution in [0.5, 0.6) is 0 Å². The quantitative estimate of drug-likeness (QED) is 0.305. The molecule has 7 nitrogen and oxygen atoms in total. The van der Waals surface area contributed by atoms with Gasteiger partial charge in [0.1, 0.15) is 0 Å². The van der Waals surface area contributed by atoms with Crippen LogP contribution in [-0.4, -0.2) is 50.4 Å². The van der Waals surface area contributed by atoms with Crippen LogP contribution >= 0.6 is 11.3 Å². The van der Waals surface area contributed by atoms with Gasteiger partial charge >= 0.3 is 0 Å². The molecule has 6 rings (SSSR count). The molecule has 3 heterocycles. The number of carbonyl (C=O) groups is 1. The van der Waals surface area contributed by atoms with E-state index in [0.717, 1.165) is 15.6 Å². The first-order valence-electron chi connectivity index (χ1n) is 11.9. The van der Waals surface area contributed by atoms with Crippen molar-refractivity contribution in [1.82, 2.24) is 9.88 Å². The van der Waals surface area contributed by atoms with Crippen molar-refractivity contribution in [3.05, 3.63) is 95.9 Å². The van der Waals surface area contributed by atoms with Crippen molar-refractivity contribution >= 4 is 43.7 Å². The lowest BCUT2D eigenvalue weighted by Gasteiger charge is -2.35. The molecule has 0 radical (unpaired) electrons. The van der Waals surface area contributed by atoms with E-state index in [1.165, 1.54) is 11.3 Å². The predicted octanol–water partition coefficient (Wildman–Crippen LogP) is 5.35. The summed E-state index contributed by atoms with van der Waals surface area (Å²) in [5.74, 6) is 0.448. The molecule has 3 aromatic carbocycles. The van der Waals surface area contributed by atoms with E-state index >= 15 is 0 Å². The maximum Gasteiger partial charge on any atom is 0.254 e. The molecule has 1 fully saturated rings.